The van der Waals surface area contributed by atoms with E-state index in [1.807, 2.05) is 0 Å². The number of amides is 1. The molecule has 0 radical (unpaired) electrons. The third kappa shape index (κ3) is 3.93. The highest BCUT2D eigenvalue weighted by Crippen LogP contribution is 2.40. The molecule has 1 aromatic heterocycles. The van der Waals surface area contributed by atoms with Crippen molar-refractivity contribution in [3.8, 4) is 11.4 Å². The van der Waals surface area contributed by atoms with Crippen molar-refractivity contribution < 1.29 is 19.4 Å². The number of aromatic carboxylic acids is 1. The molecule has 148 valence electrons. The smallest absolute Gasteiger partial charge is 0.335 e. The van der Waals surface area contributed by atoms with Crippen molar-refractivity contribution in [1.82, 2.24) is 20.2 Å². The average molecular weight is 393 g/mol. The molecule has 3 aromatic rings. The van der Waals surface area contributed by atoms with Gasteiger partial charge >= 0.3 is 5.97 Å². The van der Waals surface area contributed by atoms with Gasteiger partial charge < -0.3 is 15.2 Å². The van der Waals surface area contributed by atoms with Crippen LogP contribution < -0.4 is 10.1 Å². The Balaban J connectivity index is 1.57. The number of nitrogens with zero attached hydrogens (tertiary/aromatic N) is 4. The molecule has 0 atom stereocenters. The Bertz CT molecular complexity index is 1070. The van der Waals surface area contributed by atoms with E-state index in [-0.39, 0.29) is 17.9 Å². The lowest BCUT2D eigenvalue weighted by Gasteiger charge is -2.13. The number of benzene rings is 2. The Kier molecular flexibility index (Phi) is 4.94. The van der Waals surface area contributed by atoms with Gasteiger partial charge in [-0.15, -0.1) is 5.10 Å². The number of hydrogen-bond donors (Lipinski definition) is 2. The van der Waals surface area contributed by atoms with E-state index in [1.165, 1.54) is 6.07 Å². The monoisotopic (exact) mass is 393 g/mol. The maximum Gasteiger partial charge on any atom is 0.335 e. The molecule has 1 amide bonds. The minimum Gasteiger partial charge on any atom is -0.494 e. The normalized spacial score (nSPS) is 13.1. The first-order valence-corrected chi connectivity index (χ1v) is 9.14. The van der Waals surface area contributed by atoms with Gasteiger partial charge in [0.15, 0.2) is 5.82 Å². The molecule has 2 N–H and O–H groups in total. The van der Waals surface area contributed by atoms with E-state index >= 15 is 0 Å². The van der Waals surface area contributed by atoms with Crippen LogP contribution in [-0.2, 0) is 11.2 Å². The molecular weight excluding hydrogens is 374 g/mol. The summed E-state index contributed by atoms with van der Waals surface area (Å²) in [6.45, 7) is 0. The zero-order valence-electron chi connectivity index (χ0n) is 15.7. The number of carboxylic acids is 1. The van der Waals surface area contributed by atoms with E-state index in [0.29, 0.717) is 28.6 Å². The second-order valence-electron chi connectivity index (χ2n) is 6.80. The second kappa shape index (κ2) is 7.70. The first-order valence-electron chi connectivity index (χ1n) is 9.14. The van der Waals surface area contributed by atoms with Crippen molar-refractivity contribution in [2.75, 3.05) is 12.4 Å². The lowest BCUT2D eigenvalue weighted by Crippen LogP contribution is -2.17. The Morgan fingerprint density at radius 3 is 2.76 bits per heavy atom. The van der Waals surface area contributed by atoms with Crippen LogP contribution in [0.4, 0.5) is 5.69 Å². The number of anilines is 1. The standard InChI is InChI=1S/C20H19N5O4/c1-29-17-9-8-14(11-16(17)25-19(12-6-7-12)22-23-24-25)21-18(26)10-13-4-2-3-5-15(13)20(27)28/h2-5,8-9,11-12H,6-7,10H2,1H3,(H,21,26)(H,27,28). The molecule has 2 aromatic carbocycles. The third-order valence-corrected chi connectivity index (χ3v) is 4.73. The first kappa shape index (κ1) is 18.6. The maximum absolute atomic E-state index is 12.5. The van der Waals surface area contributed by atoms with Gasteiger partial charge in [-0.25, -0.2) is 4.79 Å². The van der Waals surface area contributed by atoms with E-state index in [4.69, 9.17) is 4.74 Å². The molecule has 1 aliphatic carbocycles. The highest BCUT2D eigenvalue weighted by atomic mass is 16.5. The summed E-state index contributed by atoms with van der Waals surface area (Å²) in [6.07, 6.45) is 2.03. The van der Waals surface area contributed by atoms with Crippen molar-refractivity contribution in [2.24, 2.45) is 0 Å². The molecule has 0 aliphatic heterocycles. The van der Waals surface area contributed by atoms with Gasteiger partial charge in [0.1, 0.15) is 11.4 Å². The van der Waals surface area contributed by atoms with Gasteiger partial charge in [-0.05, 0) is 53.1 Å². The van der Waals surface area contributed by atoms with Crippen molar-refractivity contribution in [3.63, 3.8) is 0 Å². The van der Waals surface area contributed by atoms with E-state index in [9.17, 15) is 14.7 Å². The number of ether oxygens (including phenoxy) is 1. The fourth-order valence-electron chi connectivity index (χ4n) is 3.16. The molecule has 4 rings (SSSR count). The molecule has 0 bridgehead atoms. The van der Waals surface area contributed by atoms with Crippen LogP contribution >= 0.6 is 0 Å². The fraction of sp³-hybridized carbons (Fsp3) is 0.250. The summed E-state index contributed by atoms with van der Waals surface area (Å²) in [5.74, 6) is 0.288. The van der Waals surface area contributed by atoms with E-state index in [2.05, 4.69) is 20.8 Å². The minimum atomic E-state index is -1.06. The molecule has 1 aliphatic rings. The minimum absolute atomic E-state index is 0.0535. The lowest BCUT2D eigenvalue weighted by atomic mass is 10.0. The molecule has 0 spiro atoms. The number of carbonyl (C=O) groups excluding carboxylic acids is 1. The van der Waals surface area contributed by atoms with Crippen LogP contribution in [0.2, 0.25) is 0 Å². The highest BCUT2D eigenvalue weighted by Gasteiger charge is 2.30. The number of rotatable bonds is 7. The number of nitrogens with one attached hydrogen (secondary N) is 1. The van der Waals surface area contributed by atoms with Gasteiger partial charge in [-0.1, -0.05) is 18.2 Å². The number of methoxy groups -OCH3 is 1. The highest BCUT2D eigenvalue weighted by molar-refractivity contribution is 5.96. The predicted molar refractivity (Wildman–Crippen MR) is 103 cm³/mol. The predicted octanol–water partition coefficient (Wildman–Crippen LogP) is 2.43. The molecular formula is C20H19N5O4. The number of aromatic nitrogens is 4. The van der Waals surface area contributed by atoms with Crippen LogP contribution in [0, 0.1) is 0 Å². The number of carboxylic acid groups (broad SMARTS) is 1. The summed E-state index contributed by atoms with van der Waals surface area (Å²) in [6, 6.07) is 11.6. The van der Waals surface area contributed by atoms with Gasteiger partial charge in [0, 0.05) is 11.6 Å². The summed E-state index contributed by atoms with van der Waals surface area (Å²) >= 11 is 0. The third-order valence-electron chi connectivity index (χ3n) is 4.73. The number of hydrogen-bond acceptors (Lipinski definition) is 6. The van der Waals surface area contributed by atoms with Gasteiger partial charge in [-0.2, -0.15) is 4.68 Å². The number of carbonyl (C=O) groups is 2. The fourth-order valence-corrected chi connectivity index (χ4v) is 3.16. The van der Waals surface area contributed by atoms with Crippen LogP contribution in [0.3, 0.4) is 0 Å². The average Bonchev–Trinajstić information content (AvgIpc) is 3.44. The Morgan fingerprint density at radius 2 is 2.03 bits per heavy atom. The van der Waals surface area contributed by atoms with E-state index in [0.717, 1.165) is 18.7 Å². The van der Waals surface area contributed by atoms with Crippen molar-refractivity contribution in [2.45, 2.75) is 25.2 Å². The molecule has 1 heterocycles. The van der Waals surface area contributed by atoms with Crippen LogP contribution in [0.25, 0.3) is 5.69 Å². The summed E-state index contributed by atoms with van der Waals surface area (Å²) < 4.78 is 7.06. The topological polar surface area (TPSA) is 119 Å². The Labute approximate surface area is 166 Å². The summed E-state index contributed by atoms with van der Waals surface area (Å²) in [5.41, 5.74) is 1.72. The summed E-state index contributed by atoms with van der Waals surface area (Å²) in [5, 5.41) is 24.0. The Hall–Kier alpha value is -3.75. The Morgan fingerprint density at radius 1 is 1.24 bits per heavy atom. The molecule has 9 heteroatoms. The SMILES string of the molecule is COc1ccc(NC(=O)Cc2ccccc2C(=O)O)cc1-n1nnnc1C1CC1. The van der Waals surface area contributed by atoms with Crippen molar-refractivity contribution in [3.05, 3.63) is 59.4 Å². The van der Waals surface area contributed by atoms with Crippen molar-refractivity contribution >= 4 is 17.6 Å². The number of tetrazole rings is 1. The zero-order valence-corrected chi connectivity index (χ0v) is 15.7. The summed E-state index contributed by atoms with van der Waals surface area (Å²) in [4.78, 5) is 23.8. The largest absolute Gasteiger partial charge is 0.494 e. The molecule has 0 unspecified atom stereocenters. The van der Waals surface area contributed by atoms with E-state index in [1.54, 1.807) is 48.2 Å². The lowest BCUT2D eigenvalue weighted by molar-refractivity contribution is -0.115. The molecule has 9 nitrogen and oxygen atoms in total. The van der Waals surface area contributed by atoms with Crippen LogP contribution in [0.5, 0.6) is 5.75 Å². The van der Waals surface area contributed by atoms with Crippen molar-refractivity contribution in [1.29, 1.82) is 0 Å². The first-order chi connectivity index (χ1) is 14.1. The van der Waals surface area contributed by atoms with Gasteiger partial charge in [0.2, 0.25) is 5.91 Å². The van der Waals surface area contributed by atoms with Crippen LogP contribution in [0.15, 0.2) is 42.5 Å². The van der Waals surface area contributed by atoms with Gasteiger partial charge in [0.05, 0.1) is 19.1 Å². The molecule has 1 saturated carbocycles. The zero-order chi connectivity index (χ0) is 20.4. The van der Waals surface area contributed by atoms with Gasteiger partial charge in [0.25, 0.3) is 0 Å². The van der Waals surface area contributed by atoms with Gasteiger partial charge in [-0.3, -0.25) is 4.79 Å². The molecule has 0 saturated heterocycles. The van der Waals surface area contributed by atoms with Crippen LogP contribution in [-0.4, -0.2) is 44.3 Å². The molecule has 1 fully saturated rings. The molecule has 29 heavy (non-hydrogen) atoms. The summed E-state index contributed by atoms with van der Waals surface area (Å²) in [7, 11) is 1.56. The van der Waals surface area contributed by atoms with Crippen LogP contribution in [0.1, 0.15) is 40.5 Å². The quantitative estimate of drug-likeness (QED) is 0.633. The maximum atomic E-state index is 12.5. The second-order valence-corrected chi connectivity index (χ2v) is 6.80. The van der Waals surface area contributed by atoms with E-state index < -0.39 is 5.97 Å².